The van der Waals surface area contributed by atoms with E-state index in [1.165, 1.54) is 16.7 Å². The summed E-state index contributed by atoms with van der Waals surface area (Å²) in [4.78, 5) is 0. The van der Waals surface area contributed by atoms with E-state index in [1.54, 1.807) is 11.1 Å². The zero-order valence-electron chi connectivity index (χ0n) is 16.0. The minimum Gasteiger partial charge on any atom is -0.508 e. The fourth-order valence-corrected chi connectivity index (χ4v) is 6.33. The third-order valence-corrected chi connectivity index (χ3v) is 7.55. The molecule has 0 unspecified atom stereocenters. The van der Waals surface area contributed by atoms with Gasteiger partial charge in [0, 0.05) is 5.41 Å². The lowest BCUT2D eigenvalue weighted by Gasteiger charge is -2.49. The molecule has 0 amide bonds. The number of allylic oxidation sites excluding steroid dienone is 1. The van der Waals surface area contributed by atoms with E-state index < -0.39 is 0 Å². The second-order valence-corrected chi connectivity index (χ2v) is 9.14. The number of aromatic hydroxyl groups is 1. The minimum absolute atomic E-state index is 0.0564. The van der Waals surface area contributed by atoms with Crippen LogP contribution in [0.1, 0.15) is 55.7 Å². The summed E-state index contributed by atoms with van der Waals surface area (Å²) in [6.07, 6.45) is 6.89. The average Bonchev–Trinajstić information content (AvgIpc) is 2.98. The number of fused-ring (bicyclic) bond motifs is 4. The topological polar surface area (TPSA) is 40.5 Å². The van der Waals surface area contributed by atoms with Crippen molar-refractivity contribution >= 4 is 0 Å². The van der Waals surface area contributed by atoms with Gasteiger partial charge >= 0.3 is 0 Å². The van der Waals surface area contributed by atoms with Crippen molar-refractivity contribution in [2.75, 3.05) is 0 Å². The molecule has 3 aliphatic rings. The summed E-state index contributed by atoms with van der Waals surface area (Å²) in [5.74, 6) is 0.374. The maximum Gasteiger partial charge on any atom is 0.115 e. The first-order chi connectivity index (χ1) is 13.0. The molecule has 0 aromatic heterocycles. The molecule has 0 heterocycles. The van der Waals surface area contributed by atoms with Gasteiger partial charge in [-0.3, -0.25) is 0 Å². The third kappa shape index (κ3) is 2.57. The number of hydrogen-bond donors (Lipinski definition) is 2. The quantitative estimate of drug-likeness (QED) is 0.734. The van der Waals surface area contributed by atoms with Gasteiger partial charge in [-0.05, 0) is 79.2 Å². The molecule has 1 fully saturated rings. The molecule has 1 saturated carbocycles. The Hall–Kier alpha value is -2.06. The molecule has 2 nitrogen and oxygen atoms in total. The number of phenols is 1. The molecule has 0 spiro atoms. The third-order valence-electron chi connectivity index (χ3n) is 7.55. The summed E-state index contributed by atoms with van der Waals surface area (Å²) in [7, 11) is 0. The molecule has 2 N–H and O–H groups in total. The number of aliphatic hydroxyl groups excluding tert-OH is 1. The Morgan fingerprint density at radius 2 is 1.81 bits per heavy atom. The molecule has 2 heteroatoms. The highest BCUT2D eigenvalue weighted by molar-refractivity contribution is 5.52. The van der Waals surface area contributed by atoms with E-state index in [1.807, 2.05) is 12.1 Å². The van der Waals surface area contributed by atoms with E-state index in [2.05, 4.69) is 43.3 Å². The molecule has 0 radical (unpaired) electrons. The summed E-state index contributed by atoms with van der Waals surface area (Å²) in [5.41, 5.74) is 7.39. The molecule has 5 rings (SSSR count). The van der Waals surface area contributed by atoms with Gasteiger partial charge in [0.25, 0.3) is 0 Å². The molecule has 27 heavy (non-hydrogen) atoms. The van der Waals surface area contributed by atoms with Crippen molar-refractivity contribution in [3.63, 3.8) is 0 Å². The number of benzene rings is 2. The van der Waals surface area contributed by atoms with Crippen molar-refractivity contribution in [2.45, 2.75) is 63.4 Å². The molecular weight excluding hydrogens is 332 g/mol. The van der Waals surface area contributed by atoms with E-state index in [9.17, 15) is 10.2 Å². The van der Waals surface area contributed by atoms with Crippen LogP contribution >= 0.6 is 0 Å². The molecule has 0 bridgehead atoms. The van der Waals surface area contributed by atoms with Crippen LogP contribution in [0.5, 0.6) is 5.75 Å². The molecule has 3 atom stereocenters. The van der Waals surface area contributed by atoms with Crippen molar-refractivity contribution in [1.29, 1.82) is 0 Å². The highest BCUT2D eigenvalue weighted by Crippen LogP contribution is 2.61. The van der Waals surface area contributed by atoms with E-state index in [0.29, 0.717) is 5.75 Å². The van der Waals surface area contributed by atoms with Crippen LogP contribution in [0.3, 0.4) is 0 Å². The minimum atomic E-state index is -0.209. The molecule has 0 saturated heterocycles. The van der Waals surface area contributed by atoms with Gasteiger partial charge in [0.15, 0.2) is 0 Å². The summed E-state index contributed by atoms with van der Waals surface area (Å²) in [6.45, 7) is 2.39. The molecule has 3 aliphatic carbocycles. The van der Waals surface area contributed by atoms with Gasteiger partial charge < -0.3 is 10.2 Å². The lowest BCUT2D eigenvalue weighted by molar-refractivity contribution is 0.149. The van der Waals surface area contributed by atoms with E-state index in [-0.39, 0.29) is 16.9 Å². The van der Waals surface area contributed by atoms with Crippen LogP contribution in [-0.4, -0.2) is 16.3 Å². The second kappa shape index (κ2) is 5.97. The number of hydrogen-bond acceptors (Lipinski definition) is 2. The van der Waals surface area contributed by atoms with Crippen LogP contribution < -0.4 is 0 Å². The SMILES string of the molecule is C[C@@]12CC[C@@]3(Cc4ccccc4)C[C@@H](O)CC3=C1CCc1cc(O)ccc12. The average molecular weight is 360 g/mol. The first-order valence-electron chi connectivity index (χ1n) is 10.3. The molecule has 140 valence electrons. The van der Waals surface area contributed by atoms with Crippen molar-refractivity contribution in [2.24, 2.45) is 5.41 Å². The van der Waals surface area contributed by atoms with Gasteiger partial charge in [-0.15, -0.1) is 0 Å². The van der Waals surface area contributed by atoms with Crippen LogP contribution in [0.25, 0.3) is 0 Å². The zero-order chi connectivity index (χ0) is 18.6. The lowest BCUT2D eigenvalue weighted by Crippen LogP contribution is -2.40. The monoisotopic (exact) mass is 360 g/mol. The Morgan fingerprint density at radius 1 is 1.00 bits per heavy atom. The van der Waals surface area contributed by atoms with Gasteiger partial charge in [0.05, 0.1) is 6.10 Å². The van der Waals surface area contributed by atoms with Crippen molar-refractivity contribution < 1.29 is 10.2 Å². The first-order valence-corrected chi connectivity index (χ1v) is 10.3. The summed E-state index contributed by atoms with van der Waals surface area (Å²) in [5, 5.41) is 20.6. The summed E-state index contributed by atoms with van der Waals surface area (Å²) < 4.78 is 0. The van der Waals surface area contributed by atoms with Crippen LogP contribution in [0, 0.1) is 5.41 Å². The fourth-order valence-electron chi connectivity index (χ4n) is 6.33. The Morgan fingerprint density at radius 3 is 2.63 bits per heavy atom. The van der Waals surface area contributed by atoms with E-state index >= 15 is 0 Å². The van der Waals surface area contributed by atoms with Crippen LogP contribution in [0.4, 0.5) is 0 Å². The predicted octanol–water partition coefficient (Wildman–Crippen LogP) is 5.07. The van der Waals surface area contributed by atoms with Gasteiger partial charge in [-0.25, -0.2) is 0 Å². The maximum atomic E-state index is 10.6. The van der Waals surface area contributed by atoms with E-state index in [4.69, 9.17) is 0 Å². The summed E-state index contributed by atoms with van der Waals surface area (Å²) >= 11 is 0. The Balaban J connectivity index is 1.62. The molecule has 2 aromatic rings. The smallest absolute Gasteiger partial charge is 0.115 e. The zero-order valence-corrected chi connectivity index (χ0v) is 16.0. The lowest BCUT2D eigenvalue weighted by atomic mass is 9.55. The fraction of sp³-hybridized carbons (Fsp3) is 0.440. The van der Waals surface area contributed by atoms with Gasteiger partial charge in [-0.2, -0.15) is 0 Å². The Labute approximate surface area is 161 Å². The molecule has 0 aliphatic heterocycles. The van der Waals surface area contributed by atoms with Crippen molar-refractivity contribution in [3.8, 4) is 5.75 Å². The Bertz CT molecular complexity index is 913. The highest BCUT2D eigenvalue weighted by atomic mass is 16.3. The van der Waals surface area contributed by atoms with Crippen molar-refractivity contribution in [3.05, 3.63) is 76.4 Å². The van der Waals surface area contributed by atoms with Crippen LogP contribution in [-0.2, 0) is 18.3 Å². The van der Waals surface area contributed by atoms with Crippen molar-refractivity contribution in [1.82, 2.24) is 0 Å². The van der Waals surface area contributed by atoms with E-state index in [0.717, 1.165) is 44.9 Å². The second-order valence-electron chi connectivity index (χ2n) is 9.14. The molecular formula is C25H28O2. The van der Waals surface area contributed by atoms with Crippen LogP contribution in [0.15, 0.2) is 59.7 Å². The number of aliphatic hydroxyl groups is 1. The number of aryl methyl sites for hydroxylation is 1. The Kier molecular flexibility index (Phi) is 3.77. The number of rotatable bonds is 2. The van der Waals surface area contributed by atoms with Gasteiger partial charge in [-0.1, -0.05) is 54.5 Å². The number of phenolic OH excluding ortho intramolecular Hbond substituents is 1. The van der Waals surface area contributed by atoms with Gasteiger partial charge in [0.1, 0.15) is 5.75 Å². The predicted molar refractivity (Wildman–Crippen MR) is 108 cm³/mol. The first kappa shape index (κ1) is 17.1. The highest BCUT2D eigenvalue weighted by Gasteiger charge is 2.52. The standard InChI is InChI=1S/C25H28O2/c1-24-11-12-25(15-17-5-3-2-4-6-17)16-20(27)14-23(25)22(24)9-7-18-13-19(26)8-10-21(18)24/h2-6,8,10,13,20,26-27H,7,9,11-12,14-16H2,1H3/t20-,24-,25+/m0/s1. The van der Waals surface area contributed by atoms with Gasteiger partial charge in [0.2, 0.25) is 0 Å². The molecule has 2 aromatic carbocycles. The van der Waals surface area contributed by atoms with Crippen LogP contribution in [0.2, 0.25) is 0 Å². The normalized spacial score (nSPS) is 32.0. The largest absolute Gasteiger partial charge is 0.508 e. The maximum absolute atomic E-state index is 10.6. The summed E-state index contributed by atoms with van der Waals surface area (Å²) in [6, 6.07) is 16.7.